The molecule has 0 heterocycles. The number of rotatable bonds is 6. The molecule has 4 heteroatoms. The molecule has 0 spiro atoms. The van der Waals surface area contributed by atoms with Gasteiger partial charge in [-0.3, -0.25) is 4.79 Å². The Labute approximate surface area is 106 Å². The molecule has 1 aromatic rings. The minimum atomic E-state index is -0.253. The summed E-state index contributed by atoms with van der Waals surface area (Å²) in [6.45, 7) is 2.07. The Morgan fingerprint density at radius 2 is 2.35 bits per heavy atom. The highest BCUT2D eigenvalue weighted by molar-refractivity contribution is 7.99. The molecule has 0 radical (unpaired) electrons. The van der Waals surface area contributed by atoms with E-state index in [2.05, 4.69) is 30.4 Å². The molecule has 1 fully saturated rings. The highest BCUT2D eigenvalue weighted by Crippen LogP contribution is 2.23. The molecule has 92 valence electrons. The van der Waals surface area contributed by atoms with Crippen LogP contribution in [-0.4, -0.2) is 23.7 Å². The number of carbonyl (C=O) groups excluding carboxylic acids is 1. The predicted molar refractivity (Wildman–Crippen MR) is 71.0 cm³/mol. The van der Waals surface area contributed by atoms with Crippen LogP contribution in [0.15, 0.2) is 29.2 Å². The van der Waals surface area contributed by atoms with Crippen LogP contribution in [0.5, 0.6) is 0 Å². The van der Waals surface area contributed by atoms with Crippen LogP contribution in [0.4, 0.5) is 0 Å². The summed E-state index contributed by atoms with van der Waals surface area (Å²) in [5.41, 5.74) is 6.63. The van der Waals surface area contributed by atoms with E-state index in [9.17, 15) is 4.79 Å². The summed E-state index contributed by atoms with van der Waals surface area (Å²) in [6.07, 6.45) is 2.33. The van der Waals surface area contributed by atoms with Crippen LogP contribution in [0.25, 0.3) is 0 Å². The molecule has 2 rings (SSSR count). The summed E-state index contributed by atoms with van der Waals surface area (Å²) < 4.78 is 0. The Morgan fingerprint density at radius 3 is 2.94 bits per heavy atom. The van der Waals surface area contributed by atoms with Crippen LogP contribution in [-0.2, 0) is 4.79 Å². The Morgan fingerprint density at radius 1 is 1.59 bits per heavy atom. The van der Waals surface area contributed by atoms with E-state index in [1.807, 2.05) is 6.07 Å². The van der Waals surface area contributed by atoms with Gasteiger partial charge in [-0.1, -0.05) is 17.7 Å². The molecule has 0 saturated heterocycles. The zero-order valence-corrected chi connectivity index (χ0v) is 10.8. The van der Waals surface area contributed by atoms with Gasteiger partial charge in [0.1, 0.15) is 0 Å². The van der Waals surface area contributed by atoms with Gasteiger partial charge >= 0.3 is 0 Å². The summed E-state index contributed by atoms with van der Waals surface area (Å²) in [7, 11) is 0. The van der Waals surface area contributed by atoms with Gasteiger partial charge in [-0.05, 0) is 31.9 Å². The molecule has 0 aromatic heterocycles. The quantitative estimate of drug-likeness (QED) is 0.755. The summed E-state index contributed by atoms with van der Waals surface area (Å²) in [4.78, 5) is 12.5. The number of benzene rings is 1. The summed E-state index contributed by atoms with van der Waals surface area (Å²) in [5.74, 6) is 0.451. The SMILES string of the molecule is Cc1cccc(SCC(NC2CC2)C(N)=O)c1. The molecule has 0 bridgehead atoms. The minimum absolute atomic E-state index is 0.215. The fourth-order valence-corrected chi connectivity index (χ4v) is 2.70. The second kappa shape index (κ2) is 5.56. The van der Waals surface area contributed by atoms with Crippen LogP contribution in [0.3, 0.4) is 0 Å². The van der Waals surface area contributed by atoms with Crippen molar-refractivity contribution in [2.45, 2.75) is 36.7 Å². The second-order valence-electron chi connectivity index (χ2n) is 4.52. The van der Waals surface area contributed by atoms with Crippen molar-refractivity contribution >= 4 is 17.7 Å². The number of primary amides is 1. The van der Waals surface area contributed by atoms with E-state index in [0.717, 1.165) is 0 Å². The number of nitrogens with two attached hydrogens (primary N) is 1. The van der Waals surface area contributed by atoms with E-state index in [0.29, 0.717) is 11.8 Å². The van der Waals surface area contributed by atoms with Crippen molar-refractivity contribution in [1.82, 2.24) is 5.32 Å². The highest BCUT2D eigenvalue weighted by Gasteiger charge is 2.27. The van der Waals surface area contributed by atoms with E-state index in [1.54, 1.807) is 11.8 Å². The van der Waals surface area contributed by atoms with Gasteiger partial charge in [-0.15, -0.1) is 11.8 Å². The third kappa shape index (κ3) is 4.06. The molecule has 1 aromatic carbocycles. The van der Waals surface area contributed by atoms with Crippen molar-refractivity contribution in [2.75, 3.05) is 5.75 Å². The number of hydrogen-bond donors (Lipinski definition) is 2. The number of thioether (sulfide) groups is 1. The van der Waals surface area contributed by atoms with Crippen LogP contribution in [0.1, 0.15) is 18.4 Å². The Bertz CT molecular complexity index is 404. The standard InChI is InChI=1S/C13H18N2OS/c1-9-3-2-4-11(7-9)17-8-12(13(14)16)15-10-5-6-10/h2-4,7,10,12,15H,5-6,8H2,1H3,(H2,14,16). The Balaban J connectivity index is 1.87. The first kappa shape index (κ1) is 12.5. The van der Waals surface area contributed by atoms with E-state index >= 15 is 0 Å². The van der Waals surface area contributed by atoms with Gasteiger partial charge in [0.2, 0.25) is 5.91 Å². The van der Waals surface area contributed by atoms with Gasteiger partial charge in [-0.25, -0.2) is 0 Å². The molecule has 1 saturated carbocycles. The van der Waals surface area contributed by atoms with E-state index < -0.39 is 0 Å². The molecule has 17 heavy (non-hydrogen) atoms. The van der Waals surface area contributed by atoms with Crippen LogP contribution in [0.2, 0.25) is 0 Å². The van der Waals surface area contributed by atoms with Crippen molar-refractivity contribution < 1.29 is 4.79 Å². The zero-order valence-electron chi connectivity index (χ0n) is 9.98. The molecule has 1 unspecified atom stereocenters. The zero-order chi connectivity index (χ0) is 12.3. The highest BCUT2D eigenvalue weighted by atomic mass is 32.2. The maximum absolute atomic E-state index is 11.3. The molecule has 1 amide bonds. The lowest BCUT2D eigenvalue weighted by Gasteiger charge is -2.14. The Kier molecular flexibility index (Phi) is 4.07. The molecule has 1 aliphatic rings. The van der Waals surface area contributed by atoms with Gasteiger partial charge in [0.05, 0.1) is 6.04 Å². The van der Waals surface area contributed by atoms with Gasteiger partial charge in [-0.2, -0.15) is 0 Å². The van der Waals surface area contributed by atoms with Crippen molar-refractivity contribution in [3.05, 3.63) is 29.8 Å². The molecule has 3 nitrogen and oxygen atoms in total. The first-order valence-corrected chi connectivity index (χ1v) is 6.88. The summed E-state index contributed by atoms with van der Waals surface area (Å²) in [6, 6.07) is 8.58. The van der Waals surface area contributed by atoms with Crippen molar-refractivity contribution in [3.63, 3.8) is 0 Å². The maximum atomic E-state index is 11.3. The fourth-order valence-electron chi connectivity index (χ4n) is 1.63. The number of aryl methyl sites for hydroxylation is 1. The Hall–Kier alpha value is -1.00. The minimum Gasteiger partial charge on any atom is -0.368 e. The number of hydrogen-bond acceptors (Lipinski definition) is 3. The van der Waals surface area contributed by atoms with Gasteiger partial charge < -0.3 is 11.1 Å². The number of amides is 1. The lowest BCUT2D eigenvalue weighted by atomic mass is 10.2. The lowest BCUT2D eigenvalue weighted by molar-refractivity contribution is -0.119. The molecule has 3 N–H and O–H groups in total. The van der Waals surface area contributed by atoms with Gasteiger partial charge in [0.25, 0.3) is 0 Å². The van der Waals surface area contributed by atoms with E-state index in [4.69, 9.17) is 5.73 Å². The molecule has 1 aliphatic carbocycles. The third-order valence-corrected chi connectivity index (χ3v) is 3.85. The third-order valence-electron chi connectivity index (χ3n) is 2.76. The predicted octanol–water partition coefficient (Wildman–Crippen LogP) is 1.69. The summed E-state index contributed by atoms with van der Waals surface area (Å²) in [5, 5.41) is 3.28. The number of nitrogens with one attached hydrogen (secondary N) is 1. The fraction of sp³-hybridized carbons (Fsp3) is 0.462. The molecule has 1 atom stereocenters. The topological polar surface area (TPSA) is 55.1 Å². The van der Waals surface area contributed by atoms with Crippen LogP contribution >= 0.6 is 11.8 Å². The number of carbonyl (C=O) groups is 1. The monoisotopic (exact) mass is 250 g/mol. The maximum Gasteiger partial charge on any atom is 0.235 e. The van der Waals surface area contributed by atoms with E-state index in [-0.39, 0.29) is 11.9 Å². The largest absolute Gasteiger partial charge is 0.368 e. The van der Waals surface area contributed by atoms with Gasteiger partial charge in [0.15, 0.2) is 0 Å². The normalized spacial score (nSPS) is 16.8. The van der Waals surface area contributed by atoms with Crippen molar-refractivity contribution in [2.24, 2.45) is 5.73 Å². The average molecular weight is 250 g/mol. The molecule has 0 aliphatic heterocycles. The van der Waals surface area contributed by atoms with Crippen molar-refractivity contribution in [1.29, 1.82) is 0 Å². The van der Waals surface area contributed by atoms with Crippen molar-refractivity contribution in [3.8, 4) is 0 Å². The van der Waals surface area contributed by atoms with Crippen LogP contribution < -0.4 is 11.1 Å². The van der Waals surface area contributed by atoms with Crippen LogP contribution in [0, 0.1) is 6.92 Å². The second-order valence-corrected chi connectivity index (χ2v) is 5.62. The first-order valence-electron chi connectivity index (χ1n) is 5.90. The first-order chi connectivity index (χ1) is 8.15. The van der Waals surface area contributed by atoms with E-state index in [1.165, 1.54) is 23.3 Å². The molecular formula is C13H18N2OS. The lowest BCUT2D eigenvalue weighted by Crippen LogP contribution is -2.44. The van der Waals surface area contributed by atoms with Gasteiger partial charge in [0, 0.05) is 16.7 Å². The molecular weight excluding hydrogens is 232 g/mol. The average Bonchev–Trinajstić information content (AvgIpc) is 3.07. The smallest absolute Gasteiger partial charge is 0.235 e. The summed E-state index contributed by atoms with van der Waals surface area (Å²) >= 11 is 1.68.